The van der Waals surface area contributed by atoms with Gasteiger partial charge in [-0.15, -0.1) is 0 Å². The number of hydrogen-bond donors (Lipinski definition) is 1. The van der Waals surface area contributed by atoms with Gasteiger partial charge < -0.3 is 10.2 Å². The molecule has 1 fully saturated rings. The van der Waals surface area contributed by atoms with Gasteiger partial charge in [0, 0.05) is 13.1 Å². The van der Waals surface area contributed by atoms with Gasteiger partial charge in [-0.1, -0.05) is 34.6 Å². The second-order valence-corrected chi connectivity index (χ2v) is 7.41. The molecule has 18 heavy (non-hydrogen) atoms. The van der Waals surface area contributed by atoms with E-state index in [9.17, 15) is 0 Å². The summed E-state index contributed by atoms with van der Waals surface area (Å²) in [6.07, 6.45) is 4.07. The molecule has 1 N–H and O–H groups in total. The van der Waals surface area contributed by atoms with Crippen molar-refractivity contribution >= 4 is 0 Å². The van der Waals surface area contributed by atoms with Crippen LogP contribution in [0.5, 0.6) is 0 Å². The van der Waals surface area contributed by atoms with Crippen LogP contribution >= 0.6 is 0 Å². The number of piperidine rings is 1. The number of likely N-dealkylation sites (tertiary alicyclic amines) is 1. The van der Waals surface area contributed by atoms with E-state index < -0.39 is 0 Å². The van der Waals surface area contributed by atoms with Crippen molar-refractivity contribution in [3.05, 3.63) is 0 Å². The van der Waals surface area contributed by atoms with Crippen LogP contribution in [0.25, 0.3) is 0 Å². The van der Waals surface area contributed by atoms with Crippen LogP contribution in [0.2, 0.25) is 0 Å². The third kappa shape index (κ3) is 6.19. The van der Waals surface area contributed by atoms with Gasteiger partial charge in [0.15, 0.2) is 0 Å². The average Bonchev–Trinajstić information content (AvgIpc) is 2.27. The van der Waals surface area contributed by atoms with Crippen molar-refractivity contribution in [2.45, 2.75) is 53.9 Å². The minimum atomic E-state index is 0.502. The maximum absolute atomic E-state index is 3.56. The second kappa shape index (κ2) is 7.49. The summed E-state index contributed by atoms with van der Waals surface area (Å²) in [6.45, 7) is 17.9. The quantitative estimate of drug-likeness (QED) is 0.731. The van der Waals surface area contributed by atoms with Gasteiger partial charge in [-0.3, -0.25) is 0 Å². The van der Waals surface area contributed by atoms with Crippen LogP contribution < -0.4 is 5.32 Å². The van der Waals surface area contributed by atoms with Gasteiger partial charge in [0.05, 0.1) is 0 Å². The van der Waals surface area contributed by atoms with E-state index in [2.05, 4.69) is 44.8 Å². The lowest BCUT2D eigenvalue weighted by atomic mass is 9.75. The smallest absolute Gasteiger partial charge is 0.0107 e. The van der Waals surface area contributed by atoms with Crippen LogP contribution in [-0.2, 0) is 0 Å². The Labute approximate surface area is 115 Å². The lowest BCUT2D eigenvalue weighted by Gasteiger charge is -2.38. The molecule has 0 atom stereocenters. The SMILES string of the molecule is CC(C)CCNCCN1CCC(C(C)(C)C)CC1. The van der Waals surface area contributed by atoms with Crippen molar-refractivity contribution in [1.82, 2.24) is 10.2 Å². The Kier molecular flexibility index (Phi) is 6.65. The lowest BCUT2D eigenvalue weighted by Crippen LogP contribution is -2.41. The molecule has 1 rings (SSSR count). The average molecular weight is 254 g/mol. The van der Waals surface area contributed by atoms with Gasteiger partial charge >= 0.3 is 0 Å². The van der Waals surface area contributed by atoms with Crippen molar-refractivity contribution in [3.63, 3.8) is 0 Å². The first-order chi connectivity index (χ1) is 8.39. The molecular weight excluding hydrogens is 220 g/mol. The normalized spacial score (nSPS) is 19.7. The molecular formula is C16H34N2. The van der Waals surface area contributed by atoms with Gasteiger partial charge in [0.2, 0.25) is 0 Å². The minimum absolute atomic E-state index is 0.502. The second-order valence-electron chi connectivity index (χ2n) is 7.41. The van der Waals surface area contributed by atoms with Crippen molar-refractivity contribution in [2.24, 2.45) is 17.3 Å². The number of nitrogens with zero attached hydrogens (tertiary/aromatic N) is 1. The van der Waals surface area contributed by atoms with Crippen LogP contribution in [0.1, 0.15) is 53.9 Å². The van der Waals surface area contributed by atoms with E-state index >= 15 is 0 Å². The largest absolute Gasteiger partial charge is 0.315 e. The minimum Gasteiger partial charge on any atom is -0.315 e. The maximum atomic E-state index is 3.56. The molecule has 0 unspecified atom stereocenters. The summed E-state index contributed by atoms with van der Waals surface area (Å²) < 4.78 is 0. The molecule has 1 heterocycles. The van der Waals surface area contributed by atoms with Gasteiger partial charge in [0.1, 0.15) is 0 Å². The van der Waals surface area contributed by atoms with Crippen LogP contribution in [-0.4, -0.2) is 37.6 Å². The molecule has 0 aromatic heterocycles. The van der Waals surface area contributed by atoms with Crippen LogP contribution in [0.15, 0.2) is 0 Å². The fraction of sp³-hybridized carbons (Fsp3) is 1.00. The zero-order valence-corrected chi connectivity index (χ0v) is 13.3. The molecule has 108 valence electrons. The van der Waals surface area contributed by atoms with Crippen molar-refractivity contribution in [2.75, 3.05) is 32.7 Å². The molecule has 0 saturated carbocycles. The lowest BCUT2D eigenvalue weighted by molar-refractivity contribution is 0.113. The summed E-state index contributed by atoms with van der Waals surface area (Å²) in [4.78, 5) is 2.63. The summed E-state index contributed by atoms with van der Waals surface area (Å²) >= 11 is 0. The molecule has 1 aliphatic heterocycles. The Morgan fingerprint density at radius 3 is 2.22 bits per heavy atom. The van der Waals surface area contributed by atoms with Crippen LogP contribution in [0.4, 0.5) is 0 Å². The molecule has 0 aromatic rings. The molecule has 0 radical (unpaired) electrons. The fourth-order valence-corrected chi connectivity index (χ4v) is 2.78. The van der Waals surface area contributed by atoms with Crippen molar-refractivity contribution in [1.29, 1.82) is 0 Å². The highest BCUT2D eigenvalue weighted by Gasteiger charge is 2.28. The Bertz CT molecular complexity index is 210. The fourth-order valence-electron chi connectivity index (χ4n) is 2.78. The zero-order chi connectivity index (χ0) is 13.6. The standard InChI is InChI=1S/C16H34N2/c1-14(2)6-9-17-10-13-18-11-7-15(8-12-18)16(3,4)5/h14-15,17H,6-13H2,1-5H3. The first kappa shape index (κ1) is 16.0. The highest BCUT2D eigenvalue weighted by atomic mass is 15.1. The van der Waals surface area contributed by atoms with Crippen LogP contribution in [0, 0.1) is 17.3 Å². The molecule has 2 nitrogen and oxygen atoms in total. The van der Waals surface area contributed by atoms with Gasteiger partial charge in [-0.25, -0.2) is 0 Å². The molecule has 0 bridgehead atoms. The van der Waals surface area contributed by atoms with Gasteiger partial charge in [-0.2, -0.15) is 0 Å². The predicted octanol–water partition coefficient (Wildman–Crippen LogP) is 3.38. The van der Waals surface area contributed by atoms with E-state index in [0.29, 0.717) is 5.41 Å². The summed E-state index contributed by atoms with van der Waals surface area (Å²) in [7, 11) is 0. The van der Waals surface area contributed by atoms with Crippen molar-refractivity contribution < 1.29 is 0 Å². The highest BCUT2D eigenvalue weighted by molar-refractivity contribution is 4.80. The molecule has 2 heteroatoms. The Morgan fingerprint density at radius 1 is 1.11 bits per heavy atom. The topological polar surface area (TPSA) is 15.3 Å². The van der Waals surface area contributed by atoms with Gasteiger partial charge in [-0.05, 0) is 56.1 Å². The number of hydrogen-bond acceptors (Lipinski definition) is 2. The van der Waals surface area contributed by atoms with E-state index in [0.717, 1.165) is 18.4 Å². The number of nitrogens with one attached hydrogen (secondary N) is 1. The van der Waals surface area contributed by atoms with E-state index in [1.807, 2.05) is 0 Å². The molecule has 1 saturated heterocycles. The molecule has 0 amide bonds. The molecule has 0 aliphatic carbocycles. The zero-order valence-electron chi connectivity index (χ0n) is 13.3. The molecule has 0 aromatic carbocycles. The summed E-state index contributed by atoms with van der Waals surface area (Å²) in [5.74, 6) is 1.74. The van der Waals surface area contributed by atoms with E-state index in [-0.39, 0.29) is 0 Å². The monoisotopic (exact) mass is 254 g/mol. The molecule has 0 spiro atoms. The summed E-state index contributed by atoms with van der Waals surface area (Å²) in [6, 6.07) is 0. The van der Waals surface area contributed by atoms with E-state index in [1.165, 1.54) is 45.4 Å². The number of rotatable bonds is 6. The third-order valence-electron chi connectivity index (χ3n) is 4.32. The molecule has 1 aliphatic rings. The Balaban J connectivity index is 2.06. The first-order valence-electron chi connectivity index (χ1n) is 7.82. The summed E-state index contributed by atoms with van der Waals surface area (Å²) in [5, 5.41) is 3.56. The Hall–Kier alpha value is -0.0800. The maximum Gasteiger partial charge on any atom is 0.0107 e. The predicted molar refractivity (Wildman–Crippen MR) is 80.9 cm³/mol. The summed E-state index contributed by atoms with van der Waals surface area (Å²) in [5.41, 5.74) is 0.502. The van der Waals surface area contributed by atoms with E-state index in [1.54, 1.807) is 0 Å². The van der Waals surface area contributed by atoms with Gasteiger partial charge in [0.25, 0.3) is 0 Å². The highest BCUT2D eigenvalue weighted by Crippen LogP contribution is 2.33. The van der Waals surface area contributed by atoms with Crippen LogP contribution in [0.3, 0.4) is 0 Å². The van der Waals surface area contributed by atoms with E-state index in [4.69, 9.17) is 0 Å². The van der Waals surface area contributed by atoms with Crippen molar-refractivity contribution in [3.8, 4) is 0 Å². The Morgan fingerprint density at radius 2 is 1.72 bits per heavy atom. The third-order valence-corrected chi connectivity index (χ3v) is 4.32. The first-order valence-corrected chi connectivity index (χ1v) is 7.82.